The lowest BCUT2D eigenvalue weighted by Gasteiger charge is -2.10. The van der Waals surface area contributed by atoms with Gasteiger partial charge in [-0.3, -0.25) is 4.79 Å². The Bertz CT molecular complexity index is 791. The van der Waals surface area contributed by atoms with Crippen LogP contribution in [0.4, 0.5) is 0 Å². The maximum atomic E-state index is 12.2. The number of halogens is 2. The minimum Gasteiger partial charge on any atom is -0.507 e. The van der Waals surface area contributed by atoms with Crippen LogP contribution >= 0.6 is 23.2 Å². The minimum absolute atomic E-state index is 0.0758. The SMILES string of the molecule is COc1cc(C(=O)NN=Cc2c(O)cc(Cl)cc2Cl)cc(OC)c1O. The Hall–Kier alpha value is -2.64. The second kappa shape index (κ2) is 7.96. The Balaban J connectivity index is 2.21. The number of nitrogens with one attached hydrogen (secondary N) is 1. The first-order valence-electron chi connectivity index (χ1n) is 6.83. The van der Waals surface area contributed by atoms with E-state index in [0.717, 1.165) is 0 Å². The van der Waals surface area contributed by atoms with E-state index in [4.69, 9.17) is 32.7 Å². The third kappa shape index (κ3) is 4.26. The number of phenolic OH excluding ortho intramolecular Hbond substituents is 2. The molecule has 1 amide bonds. The summed E-state index contributed by atoms with van der Waals surface area (Å²) >= 11 is 11.7. The van der Waals surface area contributed by atoms with Crippen molar-refractivity contribution in [3.8, 4) is 23.0 Å². The number of hydrogen-bond donors (Lipinski definition) is 3. The van der Waals surface area contributed by atoms with E-state index in [1.54, 1.807) is 0 Å². The molecule has 3 N–H and O–H groups in total. The Morgan fingerprint density at radius 3 is 2.24 bits per heavy atom. The summed E-state index contributed by atoms with van der Waals surface area (Å²) < 4.78 is 9.97. The first kappa shape index (κ1) is 18.7. The van der Waals surface area contributed by atoms with Gasteiger partial charge < -0.3 is 19.7 Å². The molecule has 0 saturated heterocycles. The van der Waals surface area contributed by atoms with Crippen LogP contribution in [0.15, 0.2) is 29.4 Å². The molecule has 0 aliphatic rings. The number of hydrazone groups is 1. The van der Waals surface area contributed by atoms with Gasteiger partial charge in [0, 0.05) is 10.6 Å². The topological polar surface area (TPSA) is 100 Å². The van der Waals surface area contributed by atoms with Crippen LogP contribution in [0.25, 0.3) is 0 Å². The van der Waals surface area contributed by atoms with Gasteiger partial charge >= 0.3 is 0 Å². The van der Waals surface area contributed by atoms with Crippen molar-refractivity contribution in [2.75, 3.05) is 14.2 Å². The lowest BCUT2D eigenvalue weighted by atomic mass is 10.1. The van der Waals surface area contributed by atoms with E-state index < -0.39 is 5.91 Å². The third-order valence-corrected chi connectivity index (χ3v) is 3.71. The molecule has 2 aromatic rings. The zero-order valence-electron chi connectivity index (χ0n) is 13.2. The van der Waals surface area contributed by atoms with Crippen molar-refractivity contribution < 1.29 is 24.5 Å². The second-order valence-electron chi connectivity index (χ2n) is 4.75. The van der Waals surface area contributed by atoms with Gasteiger partial charge in [-0.1, -0.05) is 23.2 Å². The monoisotopic (exact) mass is 384 g/mol. The lowest BCUT2D eigenvalue weighted by Crippen LogP contribution is -2.17. The van der Waals surface area contributed by atoms with Gasteiger partial charge in [0.2, 0.25) is 5.75 Å². The molecule has 0 radical (unpaired) electrons. The summed E-state index contributed by atoms with van der Waals surface area (Å²) in [5.74, 6) is -0.831. The van der Waals surface area contributed by atoms with E-state index in [9.17, 15) is 15.0 Å². The van der Waals surface area contributed by atoms with Crippen LogP contribution in [0.1, 0.15) is 15.9 Å². The average Bonchev–Trinajstić information content (AvgIpc) is 2.57. The first-order chi connectivity index (χ1) is 11.9. The number of nitrogens with zero attached hydrogens (tertiary/aromatic N) is 1. The highest BCUT2D eigenvalue weighted by Gasteiger charge is 2.15. The molecule has 0 atom stereocenters. The van der Waals surface area contributed by atoms with Crippen LogP contribution in [0.5, 0.6) is 23.0 Å². The van der Waals surface area contributed by atoms with Gasteiger partial charge in [0.15, 0.2) is 11.5 Å². The summed E-state index contributed by atoms with van der Waals surface area (Å²) in [4.78, 5) is 12.2. The van der Waals surface area contributed by atoms with Gasteiger partial charge in [-0.15, -0.1) is 0 Å². The van der Waals surface area contributed by atoms with Gasteiger partial charge in [-0.2, -0.15) is 5.10 Å². The predicted octanol–water partition coefficient (Wildman–Crippen LogP) is 3.19. The van der Waals surface area contributed by atoms with E-state index in [-0.39, 0.29) is 44.2 Å². The van der Waals surface area contributed by atoms with Crippen LogP contribution in [0.2, 0.25) is 10.0 Å². The van der Waals surface area contributed by atoms with Crippen LogP contribution < -0.4 is 14.9 Å². The standard InChI is InChI=1S/C16H14Cl2N2O5/c1-24-13-3-8(4-14(25-2)15(13)22)16(23)20-19-7-10-11(18)5-9(17)6-12(10)21/h3-7,21-22H,1-2H3,(H,20,23). The summed E-state index contributed by atoms with van der Waals surface area (Å²) in [6.45, 7) is 0. The fourth-order valence-corrected chi connectivity index (χ4v) is 2.48. The molecule has 2 aromatic carbocycles. The number of benzene rings is 2. The highest BCUT2D eigenvalue weighted by atomic mass is 35.5. The van der Waals surface area contributed by atoms with E-state index in [2.05, 4.69) is 10.5 Å². The molecule has 0 spiro atoms. The number of hydrogen-bond acceptors (Lipinski definition) is 6. The van der Waals surface area contributed by atoms with Gasteiger partial charge in [0.05, 0.1) is 31.0 Å². The zero-order valence-corrected chi connectivity index (χ0v) is 14.7. The number of carbonyl (C=O) groups is 1. The fourth-order valence-electron chi connectivity index (χ4n) is 1.94. The predicted molar refractivity (Wildman–Crippen MR) is 94.4 cm³/mol. The first-order valence-corrected chi connectivity index (χ1v) is 7.59. The molecule has 7 nitrogen and oxygen atoms in total. The molecule has 0 aromatic heterocycles. The van der Waals surface area contributed by atoms with Crippen molar-refractivity contribution in [2.24, 2.45) is 5.10 Å². The molecular weight excluding hydrogens is 371 g/mol. The second-order valence-corrected chi connectivity index (χ2v) is 5.59. The summed E-state index contributed by atoms with van der Waals surface area (Å²) in [6.07, 6.45) is 1.18. The number of amides is 1. The van der Waals surface area contributed by atoms with Crippen molar-refractivity contribution in [1.29, 1.82) is 0 Å². The fraction of sp³-hybridized carbons (Fsp3) is 0.125. The Morgan fingerprint density at radius 2 is 1.72 bits per heavy atom. The normalized spacial score (nSPS) is 10.7. The van der Waals surface area contributed by atoms with Crippen LogP contribution in [0.3, 0.4) is 0 Å². The molecule has 25 heavy (non-hydrogen) atoms. The molecule has 9 heteroatoms. The van der Waals surface area contributed by atoms with Crippen molar-refractivity contribution in [1.82, 2.24) is 5.43 Å². The van der Waals surface area contributed by atoms with Gasteiger partial charge in [-0.05, 0) is 24.3 Å². The summed E-state index contributed by atoms with van der Waals surface area (Å²) in [5, 5.41) is 23.8. The number of methoxy groups -OCH3 is 2. The number of aromatic hydroxyl groups is 2. The van der Waals surface area contributed by atoms with Crippen molar-refractivity contribution in [3.05, 3.63) is 45.4 Å². The summed E-state index contributed by atoms with van der Waals surface area (Å²) in [5.41, 5.74) is 2.62. The molecular formula is C16H14Cl2N2O5. The summed E-state index contributed by atoms with van der Waals surface area (Å²) in [7, 11) is 2.69. The van der Waals surface area contributed by atoms with E-state index in [1.165, 1.54) is 44.7 Å². The smallest absolute Gasteiger partial charge is 0.271 e. The van der Waals surface area contributed by atoms with Crippen LogP contribution in [-0.4, -0.2) is 36.6 Å². The molecule has 0 heterocycles. The molecule has 0 aliphatic carbocycles. The number of carbonyl (C=O) groups excluding carboxylic acids is 1. The minimum atomic E-state index is -0.586. The number of ether oxygens (including phenoxy) is 2. The van der Waals surface area contributed by atoms with Crippen molar-refractivity contribution in [2.45, 2.75) is 0 Å². The molecule has 0 fully saturated rings. The van der Waals surface area contributed by atoms with Crippen molar-refractivity contribution in [3.63, 3.8) is 0 Å². The highest BCUT2D eigenvalue weighted by molar-refractivity contribution is 6.36. The van der Waals surface area contributed by atoms with E-state index in [0.29, 0.717) is 0 Å². The maximum absolute atomic E-state index is 12.2. The lowest BCUT2D eigenvalue weighted by molar-refractivity contribution is 0.0954. The largest absolute Gasteiger partial charge is 0.507 e. The molecule has 2 rings (SSSR count). The van der Waals surface area contributed by atoms with Crippen LogP contribution in [-0.2, 0) is 0 Å². The average molecular weight is 385 g/mol. The molecule has 0 aliphatic heterocycles. The third-order valence-electron chi connectivity index (χ3n) is 3.17. The highest BCUT2D eigenvalue weighted by Crippen LogP contribution is 2.37. The Kier molecular flexibility index (Phi) is 5.95. The number of rotatable bonds is 5. The van der Waals surface area contributed by atoms with Gasteiger partial charge in [0.25, 0.3) is 5.91 Å². The van der Waals surface area contributed by atoms with Gasteiger partial charge in [-0.25, -0.2) is 5.43 Å². The molecule has 0 saturated carbocycles. The molecule has 0 unspecified atom stereocenters. The van der Waals surface area contributed by atoms with Gasteiger partial charge in [0.1, 0.15) is 5.75 Å². The Labute approximate surface area is 153 Å². The van der Waals surface area contributed by atoms with Crippen molar-refractivity contribution >= 4 is 35.3 Å². The van der Waals surface area contributed by atoms with E-state index >= 15 is 0 Å². The molecule has 0 bridgehead atoms. The van der Waals surface area contributed by atoms with Crippen LogP contribution in [0, 0.1) is 0 Å². The number of phenols is 2. The summed E-state index contributed by atoms with van der Waals surface area (Å²) in [6, 6.07) is 5.39. The van der Waals surface area contributed by atoms with E-state index in [1.807, 2.05) is 0 Å². The Morgan fingerprint density at radius 1 is 1.12 bits per heavy atom. The zero-order chi connectivity index (χ0) is 18.6. The maximum Gasteiger partial charge on any atom is 0.271 e. The molecule has 132 valence electrons. The quantitative estimate of drug-likeness (QED) is 0.542.